The maximum Gasteiger partial charge on any atom is 0.194 e. The van der Waals surface area contributed by atoms with E-state index in [1.54, 1.807) is 17.5 Å². The summed E-state index contributed by atoms with van der Waals surface area (Å²) < 4.78 is 1.99. The van der Waals surface area contributed by atoms with Crippen LogP contribution in [0.2, 0.25) is 0 Å². The monoisotopic (exact) mass is 151 g/mol. The number of hydrogen-bond donors (Lipinski definition) is 0. The molecule has 0 saturated carbocycles. The first kappa shape index (κ1) is 5.92. The lowest BCUT2D eigenvalue weighted by Gasteiger charge is -1.86. The van der Waals surface area contributed by atoms with Gasteiger partial charge in [-0.05, 0) is 13.8 Å². The molecule has 0 fully saturated rings. The molecule has 51 valence electrons. The first-order valence-corrected chi connectivity index (χ1v) is 3.92. The number of fused-ring (bicyclic) bond motifs is 1. The van der Waals surface area contributed by atoms with Crippen LogP contribution in [0.3, 0.4) is 0 Å². The molecular weight excluding hydrogens is 144 g/mol. The molecular formula is C7H7N2S. The van der Waals surface area contributed by atoms with E-state index in [4.69, 9.17) is 0 Å². The summed E-state index contributed by atoms with van der Waals surface area (Å²) in [6, 6.07) is 0. The van der Waals surface area contributed by atoms with Gasteiger partial charge in [0.2, 0.25) is 0 Å². The molecule has 2 rings (SSSR count). The molecule has 2 heterocycles. The second kappa shape index (κ2) is 1.83. The molecule has 0 aromatic carbocycles. The Kier molecular flexibility index (Phi) is 1.08. The molecule has 1 radical (unpaired) electrons. The number of hydrogen-bond acceptors (Lipinski definition) is 2. The fourth-order valence-corrected chi connectivity index (χ4v) is 1.83. The maximum absolute atomic E-state index is 4.13. The van der Waals surface area contributed by atoms with Crippen LogP contribution in [0.4, 0.5) is 0 Å². The van der Waals surface area contributed by atoms with Crippen LogP contribution in [0, 0.1) is 20.0 Å². The highest BCUT2D eigenvalue weighted by molar-refractivity contribution is 7.17. The predicted octanol–water partition coefficient (Wildman–Crippen LogP) is 1.81. The number of rotatable bonds is 0. The molecule has 2 aromatic heterocycles. The zero-order valence-corrected chi connectivity index (χ0v) is 6.70. The summed E-state index contributed by atoms with van der Waals surface area (Å²) in [6.45, 7) is 4.18. The number of aromatic nitrogens is 2. The third kappa shape index (κ3) is 0.609. The lowest BCUT2D eigenvalue weighted by Crippen LogP contribution is -1.81. The molecule has 2 nitrogen and oxygen atoms in total. The quantitative estimate of drug-likeness (QED) is 0.561. The highest BCUT2D eigenvalue weighted by Crippen LogP contribution is 2.19. The van der Waals surface area contributed by atoms with Crippen LogP contribution in [0.15, 0.2) is 6.20 Å². The molecule has 2 aromatic rings. The van der Waals surface area contributed by atoms with E-state index in [1.165, 1.54) is 10.6 Å². The molecule has 0 N–H and O–H groups in total. The Balaban J connectivity index is 2.95. The lowest BCUT2D eigenvalue weighted by atomic mass is 10.4. The van der Waals surface area contributed by atoms with Gasteiger partial charge in [0, 0.05) is 10.6 Å². The van der Waals surface area contributed by atoms with Crippen molar-refractivity contribution in [1.82, 2.24) is 9.38 Å². The van der Waals surface area contributed by atoms with E-state index in [0.29, 0.717) is 0 Å². The maximum atomic E-state index is 4.13. The van der Waals surface area contributed by atoms with Crippen molar-refractivity contribution in [3.05, 3.63) is 23.0 Å². The average molecular weight is 151 g/mol. The fourth-order valence-electron chi connectivity index (χ4n) is 0.935. The van der Waals surface area contributed by atoms with Crippen LogP contribution in [0.1, 0.15) is 10.6 Å². The number of imidazole rings is 1. The minimum atomic E-state index is 1.04. The topological polar surface area (TPSA) is 17.3 Å². The van der Waals surface area contributed by atoms with Gasteiger partial charge in [-0.2, -0.15) is 0 Å². The van der Waals surface area contributed by atoms with Crippen LogP contribution in [-0.2, 0) is 0 Å². The van der Waals surface area contributed by atoms with Gasteiger partial charge < -0.3 is 0 Å². The Morgan fingerprint density at radius 2 is 2.40 bits per heavy atom. The van der Waals surface area contributed by atoms with Gasteiger partial charge >= 0.3 is 0 Å². The molecule has 3 heteroatoms. The fraction of sp³-hybridized carbons (Fsp3) is 0.286. The molecule has 0 aliphatic heterocycles. The van der Waals surface area contributed by atoms with Crippen molar-refractivity contribution in [2.24, 2.45) is 0 Å². The smallest absolute Gasteiger partial charge is 0.194 e. The molecule has 0 atom stereocenters. The predicted molar refractivity (Wildman–Crippen MR) is 41.4 cm³/mol. The summed E-state index contributed by atoms with van der Waals surface area (Å²) in [5.74, 6) is 0. The van der Waals surface area contributed by atoms with E-state index in [0.717, 1.165) is 4.96 Å². The van der Waals surface area contributed by atoms with Crippen molar-refractivity contribution in [3.8, 4) is 0 Å². The SMILES string of the molecule is Cc1sc2nc[c]n2c1C. The van der Waals surface area contributed by atoms with Crippen LogP contribution in [0.5, 0.6) is 0 Å². The zero-order valence-electron chi connectivity index (χ0n) is 5.88. The van der Waals surface area contributed by atoms with Crippen molar-refractivity contribution in [2.45, 2.75) is 13.8 Å². The third-order valence-electron chi connectivity index (χ3n) is 1.64. The summed E-state index contributed by atoms with van der Waals surface area (Å²) in [7, 11) is 0. The van der Waals surface area contributed by atoms with Gasteiger partial charge in [-0.15, -0.1) is 11.3 Å². The van der Waals surface area contributed by atoms with E-state index in [9.17, 15) is 0 Å². The molecule has 0 aliphatic rings. The van der Waals surface area contributed by atoms with Crippen molar-refractivity contribution in [3.63, 3.8) is 0 Å². The van der Waals surface area contributed by atoms with Crippen LogP contribution in [0.25, 0.3) is 4.96 Å². The van der Waals surface area contributed by atoms with Gasteiger partial charge in [0.15, 0.2) is 4.96 Å². The van der Waals surface area contributed by atoms with Gasteiger partial charge in [0.05, 0.1) is 12.4 Å². The molecule has 0 unspecified atom stereocenters. The lowest BCUT2D eigenvalue weighted by molar-refractivity contribution is 1.10. The van der Waals surface area contributed by atoms with Gasteiger partial charge in [-0.1, -0.05) is 0 Å². The largest absolute Gasteiger partial charge is 0.286 e. The Morgan fingerprint density at radius 3 is 3.10 bits per heavy atom. The molecule has 0 aliphatic carbocycles. The average Bonchev–Trinajstić information content (AvgIpc) is 2.41. The first-order valence-electron chi connectivity index (χ1n) is 3.10. The second-order valence-corrected chi connectivity index (χ2v) is 3.43. The van der Waals surface area contributed by atoms with E-state index < -0.39 is 0 Å². The molecule has 0 spiro atoms. The Morgan fingerprint density at radius 1 is 1.60 bits per heavy atom. The van der Waals surface area contributed by atoms with E-state index in [2.05, 4.69) is 25.0 Å². The van der Waals surface area contributed by atoms with Gasteiger partial charge in [-0.3, -0.25) is 4.40 Å². The van der Waals surface area contributed by atoms with Crippen LogP contribution >= 0.6 is 11.3 Å². The van der Waals surface area contributed by atoms with Crippen molar-refractivity contribution >= 4 is 16.3 Å². The van der Waals surface area contributed by atoms with Gasteiger partial charge in [-0.25, -0.2) is 4.98 Å². The van der Waals surface area contributed by atoms with Crippen LogP contribution < -0.4 is 0 Å². The summed E-state index contributed by atoms with van der Waals surface area (Å²) in [4.78, 5) is 6.48. The van der Waals surface area contributed by atoms with Gasteiger partial charge in [0.1, 0.15) is 0 Å². The minimum absolute atomic E-state index is 1.04. The minimum Gasteiger partial charge on any atom is -0.286 e. The van der Waals surface area contributed by atoms with E-state index in [-0.39, 0.29) is 0 Å². The highest BCUT2D eigenvalue weighted by atomic mass is 32.1. The summed E-state index contributed by atoms with van der Waals surface area (Å²) in [5, 5.41) is 0. The third-order valence-corrected chi connectivity index (χ3v) is 2.71. The summed E-state index contributed by atoms with van der Waals surface area (Å²) >= 11 is 1.71. The Bertz CT molecular complexity index is 358. The molecule has 0 saturated heterocycles. The van der Waals surface area contributed by atoms with Crippen molar-refractivity contribution in [1.29, 1.82) is 0 Å². The van der Waals surface area contributed by atoms with Crippen molar-refractivity contribution in [2.75, 3.05) is 0 Å². The van der Waals surface area contributed by atoms with Gasteiger partial charge in [0.25, 0.3) is 0 Å². The number of thiazole rings is 1. The Hall–Kier alpha value is -0.830. The number of nitrogens with zero attached hydrogens (tertiary/aromatic N) is 2. The summed E-state index contributed by atoms with van der Waals surface area (Å²) in [6.07, 6.45) is 4.73. The molecule has 10 heavy (non-hydrogen) atoms. The standard InChI is InChI=1S/C7H7N2S/c1-5-6(2)10-7-8-3-4-9(5)7/h3H,1-2H3. The Labute approximate surface area is 63.1 Å². The number of aryl methyl sites for hydroxylation is 2. The van der Waals surface area contributed by atoms with Crippen LogP contribution in [-0.4, -0.2) is 9.38 Å². The summed E-state index contributed by atoms with van der Waals surface area (Å²) in [5.41, 5.74) is 1.25. The van der Waals surface area contributed by atoms with E-state index >= 15 is 0 Å². The van der Waals surface area contributed by atoms with E-state index in [1.807, 2.05) is 4.40 Å². The molecule has 0 amide bonds. The highest BCUT2D eigenvalue weighted by Gasteiger charge is 2.02. The second-order valence-electron chi connectivity index (χ2n) is 2.25. The molecule has 0 bridgehead atoms. The van der Waals surface area contributed by atoms with Crippen molar-refractivity contribution < 1.29 is 0 Å². The first-order chi connectivity index (χ1) is 4.79. The normalized spacial score (nSPS) is 11.0. The zero-order chi connectivity index (χ0) is 7.14.